The van der Waals surface area contributed by atoms with Crippen molar-refractivity contribution in [2.45, 2.75) is 18.0 Å². The van der Waals surface area contributed by atoms with Crippen molar-refractivity contribution in [1.29, 1.82) is 0 Å². The molecule has 0 aliphatic heterocycles. The first kappa shape index (κ1) is 22.7. The standard InChI is InChI=1S/C23H16F6N2O2/c24-22(25,26)17-5-4-8-19(12-17)33-14-21(32,23(27,28)29)16-9-10-20-15(11-16)13-30-31(20)18-6-2-1-3-7-18/h1-13,32H,14H2. The maximum Gasteiger partial charge on any atom is 0.424 e. The van der Waals surface area contributed by atoms with Crippen LogP contribution in [0.25, 0.3) is 16.6 Å². The highest BCUT2D eigenvalue weighted by Crippen LogP contribution is 2.41. The number of ether oxygens (including phenoxy) is 1. The second-order valence-electron chi connectivity index (χ2n) is 7.34. The predicted octanol–water partition coefficient (Wildman–Crippen LogP) is 5.87. The van der Waals surface area contributed by atoms with E-state index in [1.807, 2.05) is 0 Å². The molecule has 0 saturated heterocycles. The van der Waals surface area contributed by atoms with Crippen LogP contribution in [0.2, 0.25) is 0 Å². The molecular weight excluding hydrogens is 450 g/mol. The van der Waals surface area contributed by atoms with Gasteiger partial charge in [0.05, 0.1) is 23.0 Å². The van der Waals surface area contributed by atoms with Crippen molar-refractivity contribution in [3.05, 3.63) is 90.1 Å². The fraction of sp³-hybridized carbons (Fsp3) is 0.174. The number of hydrogen-bond donors (Lipinski definition) is 1. The molecule has 1 aromatic heterocycles. The van der Waals surface area contributed by atoms with Gasteiger partial charge in [0.1, 0.15) is 12.4 Å². The smallest absolute Gasteiger partial charge is 0.424 e. The summed E-state index contributed by atoms with van der Waals surface area (Å²) < 4.78 is 86.8. The number of fused-ring (bicyclic) bond motifs is 1. The normalized spacial score (nSPS) is 14.3. The van der Waals surface area contributed by atoms with Gasteiger partial charge in [0.15, 0.2) is 0 Å². The monoisotopic (exact) mass is 466 g/mol. The molecule has 0 spiro atoms. The molecule has 4 aromatic rings. The number of aromatic nitrogens is 2. The van der Waals surface area contributed by atoms with E-state index in [0.717, 1.165) is 30.3 Å². The molecule has 1 unspecified atom stereocenters. The number of aliphatic hydroxyl groups is 1. The van der Waals surface area contributed by atoms with E-state index in [4.69, 9.17) is 4.74 Å². The number of para-hydroxylation sites is 1. The fourth-order valence-electron chi connectivity index (χ4n) is 3.34. The molecule has 0 bridgehead atoms. The van der Waals surface area contributed by atoms with Crippen LogP contribution in [0.1, 0.15) is 11.1 Å². The molecule has 0 radical (unpaired) electrons. The molecule has 0 saturated carbocycles. The van der Waals surface area contributed by atoms with Crippen LogP contribution in [-0.4, -0.2) is 27.7 Å². The van der Waals surface area contributed by atoms with E-state index in [2.05, 4.69) is 5.10 Å². The minimum Gasteiger partial charge on any atom is -0.490 e. The van der Waals surface area contributed by atoms with Crippen molar-refractivity contribution in [3.8, 4) is 11.4 Å². The summed E-state index contributed by atoms with van der Waals surface area (Å²) in [5.74, 6) is -0.453. The van der Waals surface area contributed by atoms with Crippen LogP contribution in [0, 0.1) is 0 Å². The van der Waals surface area contributed by atoms with Crippen LogP contribution in [-0.2, 0) is 11.8 Å². The largest absolute Gasteiger partial charge is 0.490 e. The third-order valence-corrected chi connectivity index (χ3v) is 5.12. The van der Waals surface area contributed by atoms with Crippen molar-refractivity contribution >= 4 is 10.9 Å². The average molecular weight is 466 g/mol. The predicted molar refractivity (Wildman–Crippen MR) is 108 cm³/mol. The van der Waals surface area contributed by atoms with Gasteiger partial charge in [-0.05, 0) is 48.0 Å². The summed E-state index contributed by atoms with van der Waals surface area (Å²) in [4.78, 5) is 0. The van der Waals surface area contributed by atoms with Gasteiger partial charge in [0, 0.05) is 5.39 Å². The summed E-state index contributed by atoms with van der Waals surface area (Å²) in [5.41, 5.74) is -3.87. The third-order valence-electron chi connectivity index (χ3n) is 5.12. The van der Waals surface area contributed by atoms with Crippen molar-refractivity contribution in [1.82, 2.24) is 9.78 Å². The highest BCUT2D eigenvalue weighted by molar-refractivity contribution is 5.81. The lowest BCUT2D eigenvalue weighted by Gasteiger charge is -2.31. The number of halogens is 6. The highest BCUT2D eigenvalue weighted by Gasteiger charge is 2.56. The molecule has 0 amide bonds. The number of alkyl halides is 6. The Morgan fingerprint density at radius 3 is 2.21 bits per heavy atom. The van der Waals surface area contributed by atoms with Gasteiger partial charge >= 0.3 is 12.4 Å². The van der Waals surface area contributed by atoms with E-state index in [1.165, 1.54) is 16.9 Å². The van der Waals surface area contributed by atoms with Crippen LogP contribution in [0.3, 0.4) is 0 Å². The first-order valence-corrected chi connectivity index (χ1v) is 9.62. The van der Waals surface area contributed by atoms with Gasteiger partial charge in [-0.15, -0.1) is 0 Å². The average Bonchev–Trinajstić information content (AvgIpc) is 3.20. The Labute approximate surface area is 183 Å². The molecule has 0 aliphatic rings. The lowest BCUT2D eigenvalue weighted by molar-refractivity contribution is -0.275. The summed E-state index contributed by atoms with van der Waals surface area (Å²) in [6, 6.07) is 15.9. The second kappa shape index (κ2) is 8.11. The molecule has 172 valence electrons. The Hall–Kier alpha value is -3.53. The molecule has 3 aromatic carbocycles. The van der Waals surface area contributed by atoms with Gasteiger partial charge in [-0.1, -0.05) is 30.3 Å². The fourth-order valence-corrected chi connectivity index (χ4v) is 3.34. The van der Waals surface area contributed by atoms with E-state index in [0.29, 0.717) is 22.7 Å². The van der Waals surface area contributed by atoms with Gasteiger partial charge in [-0.3, -0.25) is 0 Å². The molecule has 10 heteroatoms. The molecule has 4 rings (SSSR count). The van der Waals surface area contributed by atoms with Crippen molar-refractivity contribution in [3.63, 3.8) is 0 Å². The first-order valence-electron chi connectivity index (χ1n) is 9.62. The minimum absolute atomic E-state index is 0.332. The SMILES string of the molecule is OC(COc1cccc(C(F)(F)F)c1)(c1ccc2c(cnn2-c2ccccc2)c1)C(F)(F)F. The zero-order chi connectivity index (χ0) is 23.9. The van der Waals surface area contributed by atoms with Crippen LogP contribution < -0.4 is 4.74 Å². The van der Waals surface area contributed by atoms with Crippen LogP contribution in [0.4, 0.5) is 26.3 Å². The minimum atomic E-state index is -5.17. The lowest BCUT2D eigenvalue weighted by Crippen LogP contribution is -2.47. The molecule has 0 fully saturated rings. The Morgan fingerprint density at radius 1 is 0.818 bits per heavy atom. The first-order chi connectivity index (χ1) is 15.5. The second-order valence-corrected chi connectivity index (χ2v) is 7.34. The number of benzene rings is 3. The summed E-state index contributed by atoms with van der Waals surface area (Å²) >= 11 is 0. The summed E-state index contributed by atoms with van der Waals surface area (Å²) in [6.07, 6.45) is -8.50. The Morgan fingerprint density at radius 2 is 1.55 bits per heavy atom. The van der Waals surface area contributed by atoms with Gasteiger partial charge < -0.3 is 9.84 Å². The number of hydrogen-bond acceptors (Lipinski definition) is 3. The van der Waals surface area contributed by atoms with Crippen LogP contribution >= 0.6 is 0 Å². The quantitative estimate of drug-likeness (QED) is 0.374. The number of nitrogens with zero attached hydrogens (tertiary/aromatic N) is 2. The summed E-state index contributed by atoms with van der Waals surface area (Å²) in [6.45, 7) is -1.34. The maximum atomic E-state index is 13.9. The Balaban J connectivity index is 1.67. The van der Waals surface area contributed by atoms with Gasteiger partial charge in [-0.2, -0.15) is 31.4 Å². The summed E-state index contributed by atoms with van der Waals surface area (Å²) in [7, 11) is 0. The van der Waals surface area contributed by atoms with E-state index < -0.39 is 41.4 Å². The van der Waals surface area contributed by atoms with Gasteiger partial charge in [0.25, 0.3) is 0 Å². The van der Waals surface area contributed by atoms with Crippen molar-refractivity contribution in [2.24, 2.45) is 0 Å². The van der Waals surface area contributed by atoms with Crippen molar-refractivity contribution in [2.75, 3.05) is 6.61 Å². The Bertz CT molecular complexity index is 1270. The molecule has 33 heavy (non-hydrogen) atoms. The molecule has 1 N–H and O–H groups in total. The van der Waals surface area contributed by atoms with Crippen molar-refractivity contribution < 1.29 is 36.2 Å². The molecular formula is C23H16F6N2O2. The summed E-state index contributed by atoms with van der Waals surface area (Å²) in [5, 5.41) is 15.1. The molecule has 0 aliphatic carbocycles. The van der Waals surface area contributed by atoms with Gasteiger partial charge in [-0.25, -0.2) is 4.68 Å². The maximum absolute atomic E-state index is 13.9. The van der Waals surface area contributed by atoms with E-state index in [9.17, 15) is 31.4 Å². The highest BCUT2D eigenvalue weighted by atomic mass is 19.4. The molecule has 1 heterocycles. The van der Waals surface area contributed by atoms with Crippen LogP contribution in [0.5, 0.6) is 5.75 Å². The zero-order valence-corrected chi connectivity index (χ0v) is 16.7. The zero-order valence-electron chi connectivity index (χ0n) is 16.7. The van der Waals surface area contributed by atoms with Crippen LogP contribution in [0.15, 0.2) is 79.0 Å². The van der Waals surface area contributed by atoms with E-state index in [1.54, 1.807) is 30.3 Å². The topological polar surface area (TPSA) is 47.3 Å². The van der Waals surface area contributed by atoms with E-state index >= 15 is 0 Å². The van der Waals surface area contributed by atoms with Gasteiger partial charge in [0.2, 0.25) is 5.60 Å². The van der Waals surface area contributed by atoms with E-state index in [-0.39, 0.29) is 0 Å². The molecule has 4 nitrogen and oxygen atoms in total. The Kier molecular flexibility index (Phi) is 5.57. The number of rotatable bonds is 5. The third kappa shape index (κ3) is 4.38. The molecule has 1 atom stereocenters. The lowest BCUT2D eigenvalue weighted by atomic mass is 9.93.